The normalized spacial score (nSPS) is 15.2. The SMILES string of the molecule is C=CC(=O)CC(C)(C)CS(=O)(=O)[O-].C=CC(=O)N(CCCC)CCP(=O)([O-])OP(=O)([O-])[O-].CCCCN(CCP(=O)([O-])OP(=O)([O-])[O-])C(=O)C(CC)CC(C)C(=O)CC(C)(C)CS(=O)(=O)[O-]. The molecule has 24 nitrogen and oxygen atoms in total. The van der Waals surface area contributed by atoms with E-state index in [4.69, 9.17) is 0 Å². The van der Waals surface area contributed by atoms with Crippen LogP contribution in [0.15, 0.2) is 25.3 Å². The Kier molecular flexibility index (Phi) is 31.1. The van der Waals surface area contributed by atoms with Gasteiger partial charge in [0.1, 0.15) is 21.0 Å². The van der Waals surface area contributed by atoms with Crippen molar-refractivity contribution in [3.63, 3.8) is 0 Å². The number of nitrogens with zero attached hydrogens (tertiary/aromatic N) is 2. The van der Waals surface area contributed by atoms with Crippen molar-refractivity contribution in [3.8, 4) is 0 Å². The van der Waals surface area contributed by atoms with E-state index in [0.29, 0.717) is 32.2 Å². The molecule has 0 aromatic rings. The zero-order valence-electron chi connectivity index (χ0n) is 38.5. The number of carbonyl (C=O) groups is 4. The molecule has 30 heteroatoms. The molecule has 2 amide bonds. The molecule has 0 heterocycles. The first kappa shape index (κ1) is 68.4. The number of phosphoric acid groups is 2. The number of amides is 2. The quantitative estimate of drug-likeness (QED) is 0.0518. The topological polar surface area (TPSA) is 414 Å². The Labute approximate surface area is 389 Å². The van der Waals surface area contributed by atoms with E-state index in [2.05, 4.69) is 21.8 Å². The van der Waals surface area contributed by atoms with Gasteiger partial charge in [-0.15, -0.1) is 0 Å². The fourth-order valence-electron chi connectivity index (χ4n) is 5.87. The summed E-state index contributed by atoms with van der Waals surface area (Å²) in [6, 6.07) is 0. The molecule has 0 aliphatic rings. The van der Waals surface area contributed by atoms with Crippen LogP contribution in [0.3, 0.4) is 0 Å². The average molecular weight is 1060 g/mol. The van der Waals surface area contributed by atoms with Crippen molar-refractivity contribution in [3.05, 3.63) is 25.3 Å². The van der Waals surface area contributed by atoms with Gasteiger partial charge in [0.15, 0.2) is 5.78 Å². The molecule has 0 aromatic heterocycles. The summed E-state index contributed by atoms with van der Waals surface area (Å²) < 4.78 is 115. The van der Waals surface area contributed by atoms with Crippen LogP contribution in [0.1, 0.15) is 107 Å². The average Bonchev–Trinajstić information content (AvgIpc) is 3.09. The number of hydrogen-bond acceptors (Lipinski definition) is 22. The second-order valence-corrected chi connectivity index (χ2v) is 26.0. The van der Waals surface area contributed by atoms with Gasteiger partial charge < -0.3 is 75.1 Å². The van der Waals surface area contributed by atoms with Crippen LogP contribution in [0.5, 0.6) is 0 Å². The first-order chi connectivity index (χ1) is 29.5. The molecule has 0 aromatic carbocycles. The van der Waals surface area contributed by atoms with Gasteiger partial charge in [0, 0.05) is 74.7 Å². The number of Topliss-reactive ketones (excluding diaryl/α,β-unsaturated/α-hetero) is 1. The minimum absolute atomic E-state index is 0.0258. The van der Waals surface area contributed by atoms with E-state index in [0.717, 1.165) is 18.6 Å². The summed E-state index contributed by atoms with van der Waals surface area (Å²) in [5, 5.41) is 0. The van der Waals surface area contributed by atoms with Crippen molar-refractivity contribution in [1.82, 2.24) is 9.80 Å². The maximum absolute atomic E-state index is 13.1. The Morgan fingerprint density at radius 1 is 0.652 bits per heavy atom. The fraction of sp³-hybridized carbons (Fsp3) is 0.778. The molecule has 0 saturated heterocycles. The lowest BCUT2D eigenvalue weighted by Crippen LogP contribution is -2.40. The van der Waals surface area contributed by atoms with Gasteiger partial charge in [0.05, 0.1) is 35.9 Å². The highest BCUT2D eigenvalue weighted by Crippen LogP contribution is 2.50. The molecule has 0 radical (unpaired) electrons. The highest BCUT2D eigenvalue weighted by Gasteiger charge is 2.31. The third kappa shape index (κ3) is 38.1. The Balaban J connectivity index is -0.00000103. The Bertz CT molecular complexity index is 2020. The molecule has 0 rings (SSSR count). The molecule has 0 fully saturated rings. The van der Waals surface area contributed by atoms with Crippen LogP contribution in [0.2, 0.25) is 0 Å². The van der Waals surface area contributed by atoms with E-state index in [1.165, 1.54) is 23.6 Å². The van der Waals surface area contributed by atoms with Gasteiger partial charge in [-0.2, -0.15) is 0 Å². The number of unbranched alkanes of at least 4 members (excludes halogenated alkanes) is 2. The van der Waals surface area contributed by atoms with Gasteiger partial charge >= 0.3 is 0 Å². The number of hydrogen-bond donors (Lipinski definition) is 0. The van der Waals surface area contributed by atoms with Gasteiger partial charge in [-0.1, -0.05) is 81.4 Å². The van der Waals surface area contributed by atoms with Gasteiger partial charge in [0.25, 0.3) is 0 Å². The molecule has 390 valence electrons. The standard InChI is InChI=1S/C19H39NO11P2S.C9H19NO7P2.C8H14O4S/c1-6-8-9-20(10-11-32(23,24)31-33(25,26)27)18(22)16(7-2)12-15(3)17(21)13-19(4,5)14-34(28,29)30;1-3-5-6-10(9(11)4-2)7-8-18(12,13)17-19(14,15)16;1-4-7(9)5-8(2,3)6-13(10,11)12/h15-16H,6-14H2,1-5H3,(H,23,24)(H2,25,26,27)(H,28,29,30);4H,2-3,5-8H2,1H3,(H,12,13)(H2,14,15,16);4H,1,5-6H2,2-3H3,(H,10,11,12)/p-8. The summed E-state index contributed by atoms with van der Waals surface area (Å²) >= 11 is 0. The molecular formula is C36H64N2O22P4S2-8. The number of ketones is 2. The monoisotopic (exact) mass is 1060 g/mol. The van der Waals surface area contributed by atoms with Gasteiger partial charge in [-0.3, -0.25) is 19.2 Å². The van der Waals surface area contributed by atoms with E-state index < -0.39 is 109 Å². The molecular weight excluding hydrogens is 1000 g/mol. The second-order valence-electron chi connectivity index (χ2n) is 16.8. The van der Waals surface area contributed by atoms with Crippen molar-refractivity contribution in [1.29, 1.82) is 0 Å². The Morgan fingerprint density at radius 3 is 1.36 bits per heavy atom. The molecule has 0 aliphatic carbocycles. The maximum atomic E-state index is 13.1. The first-order valence-corrected chi connectivity index (χ1v) is 29.8. The van der Waals surface area contributed by atoms with Crippen molar-refractivity contribution in [2.24, 2.45) is 22.7 Å². The number of allylic oxidation sites excluding steroid dienone is 1. The van der Waals surface area contributed by atoms with Crippen LogP contribution < -0.4 is 29.4 Å². The Hall–Kier alpha value is -1.82. The second kappa shape index (κ2) is 30.0. The van der Waals surface area contributed by atoms with Gasteiger partial charge in [-0.25, -0.2) is 16.8 Å². The zero-order valence-corrected chi connectivity index (χ0v) is 43.7. The summed E-state index contributed by atoms with van der Waals surface area (Å²) in [4.78, 5) is 115. The highest BCUT2D eigenvalue weighted by atomic mass is 32.2. The van der Waals surface area contributed by atoms with Gasteiger partial charge in [0.2, 0.25) is 11.8 Å². The predicted octanol–water partition coefficient (Wildman–Crippen LogP) is 0.500. The van der Waals surface area contributed by atoms with E-state index in [9.17, 15) is 92.7 Å². The third-order valence-corrected chi connectivity index (χ3v) is 16.2. The minimum atomic E-state index is -5.75. The molecule has 0 aliphatic heterocycles. The molecule has 66 heavy (non-hydrogen) atoms. The van der Waals surface area contributed by atoms with Crippen LogP contribution in [0.4, 0.5) is 0 Å². The summed E-state index contributed by atoms with van der Waals surface area (Å²) in [6.07, 6.45) is 3.54. The molecule has 4 atom stereocenters. The van der Waals surface area contributed by atoms with E-state index in [1.54, 1.807) is 27.7 Å². The smallest absolute Gasteiger partial charge is 0.245 e. The molecule has 0 N–H and O–H groups in total. The summed E-state index contributed by atoms with van der Waals surface area (Å²) in [6.45, 7) is 19.6. The number of carbonyl (C=O) groups excluding carboxylic acids is 4. The third-order valence-electron chi connectivity index (χ3n) is 8.80. The van der Waals surface area contributed by atoms with Crippen LogP contribution in [0.25, 0.3) is 0 Å². The van der Waals surface area contributed by atoms with Crippen molar-refractivity contribution >= 4 is 74.5 Å². The van der Waals surface area contributed by atoms with Crippen LogP contribution in [-0.4, -0.2) is 109 Å². The molecule has 4 unspecified atom stereocenters. The lowest BCUT2D eigenvalue weighted by atomic mass is 9.82. The fourth-order valence-corrected chi connectivity index (χ4v) is 12.1. The van der Waals surface area contributed by atoms with E-state index >= 15 is 0 Å². The van der Waals surface area contributed by atoms with Crippen molar-refractivity contribution in [2.75, 3.05) is 50.0 Å². The van der Waals surface area contributed by atoms with Crippen molar-refractivity contribution in [2.45, 2.75) is 107 Å². The lowest BCUT2D eigenvalue weighted by molar-refractivity contribution is -0.340. The van der Waals surface area contributed by atoms with E-state index in [1.807, 2.05) is 13.8 Å². The van der Waals surface area contributed by atoms with E-state index in [-0.39, 0.29) is 50.5 Å². The maximum Gasteiger partial charge on any atom is 0.245 e. The first-order valence-electron chi connectivity index (χ1n) is 20.3. The zero-order chi connectivity index (χ0) is 52.8. The summed E-state index contributed by atoms with van der Waals surface area (Å²) in [5.41, 5.74) is -1.88. The van der Waals surface area contributed by atoms with Crippen LogP contribution >= 0.6 is 30.8 Å². The molecule has 0 saturated carbocycles. The molecule has 0 spiro atoms. The Morgan fingerprint density at radius 2 is 1.03 bits per heavy atom. The lowest BCUT2D eigenvalue weighted by Gasteiger charge is -2.37. The largest absolute Gasteiger partial charge is 0.790 e. The highest BCUT2D eigenvalue weighted by molar-refractivity contribution is 7.86. The van der Waals surface area contributed by atoms with Crippen LogP contribution in [-0.2, 0) is 66.3 Å². The molecule has 0 bridgehead atoms. The van der Waals surface area contributed by atoms with Crippen LogP contribution in [0, 0.1) is 22.7 Å². The summed E-state index contributed by atoms with van der Waals surface area (Å²) in [7, 11) is -30.0. The van der Waals surface area contributed by atoms with Crippen molar-refractivity contribution < 1.29 is 101 Å². The number of rotatable bonds is 31. The predicted molar refractivity (Wildman–Crippen MR) is 229 cm³/mol. The minimum Gasteiger partial charge on any atom is -0.790 e. The van der Waals surface area contributed by atoms with Gasteiger partial charge in [-0.05, 0) is 48.7 Å². The summed E-state index contributed by atoms with van der Waals surface area (Å²) in [5.74, 6) is -3.97.